The topological polar surface area (TPSA) is 55.8 Å². The molecule has 0 saturated heterocycles. The molecule has 1 heterocycles. The molecule has 10 heteroatoms. The first-order valence-corrected chi connectivity index (χ1v) is 8.76. The van der Waals surface area contributed by atoms with Gasteiger partial charge in [-0.1, -0.05) is 40.9 Å². The third-order valence-corrected chi connectivity index (χ3v) is 4.70. The van der Waals surface area contributed by atoms with Crippen LogP contribution in [0, 0.1) is 6.92 Å². The van der Waals surface area contributed by atoms with E-state index in [2.05, 4.69) is 0 Å². The Hall–Kier alpha value is -2.09. The van der Waals surface area contributed by atoms with Gasteiger partial charge in [0.2, 0.25) is 6.10 Å². The van der Waals surface area contributed by atoms with Crippen LogP contribution in [0.15, 0.2) is 29.8 Å². The first-order chi connectivity index (χ1) is 13.0. The summed E-state index contributed by atoms with van der Waals surface area (Å²) in [4.78, 5) is 11.4. The lowest BCUT2D eigenvalue weighted by atomic mass is 10.0. The maximum absolute atomic E-state index is 13.2. The normalized spacial score (nSPS) is 16.1. The fraction of sp³-hybridized carbons (Fsp3) is 0.167. The SMILES string of the molecule is Cc1ccc(Oc2c(Cl)cc(Cl)c3c2C=C(C(=O)O)C(C(F)(F)F)O3)c(Cl)c1. The average molecular weight is 454 g/mol. The van der Waals surface area contributed by atoms with Gasteiger partial charge in [0.05, 0.1) is 26.2 Å². The van der Waals surface area contributed by atoms with Crippen molar-refractivity contribution in [2.24, 2.45) is 0 Å². The smallest absolute Gasteiger partial charge is 0.430 e. The number of alkyl halides is 3. The number of rotatable bonds is 3. The number of aliphatic carboxylic acids is 1. The third kappa shape index (κ3) is 3.87. The van der Waals surface area contributed by atoms with Crippen molar-refractivity contribution < 1.29 is 32.5 Å². The molecule has 1 unspecified atom stereocenters. The number of aryl methyl sites for hydroxylation is 1. The van der Waals surface area contributed by atoms with Gasteiger partial charge in [-0.2, -0.15) is 13.2 Å². The highest BCUT2D eigenvalue weighted by Crippen LogP contribution is 2.49. The second-order valence-corrected chi connectivity index (χ2v) is 7.11. The minimum atomic E-state index is -4.97. The number of ether oxygens (including phenoxy) is 2. The van der Waals surface area contributed by atoms with Gasteiger partial charge in [-0.05, 0) is 36.8 Å². The summed E-state index contributed by atoms with van der Waals surface area (Å²) in [5, 5.41) is 9.16. The van der Waals surface area contributed by atoms with Gasteiger partial charge >= 0.3 is 12.1 Å². The Morgan fingerprint density at radius 3 is 2.39 bits per heavy atom. The van der Waals surface area contributed by atoms with Gasteiger partial charge in [-0.25, -0.2) is 4.79 Å². The van der Waals surface area contributed by atoms with Gasteiger partial charge in [-0.3, -0.25) is 0 Å². The molecule has 0 amide bonds. The molecule has 0 fully saturated rings. The molecule has 0 bridgehead atoms. The van der Waals surface area contributed by atoms with Crippen molar-refractivity contribution in [1.29, 1.82) is 0 Å². The predicted molar refractivity (Wildman–Crippen MR) is 98.8 cm³/mol. The standard InChI is InChI=1S/C18H10Cl3F3O4/c1-7-2-3-13(10(19)4-7)27-14-8-5-9(17(25)26)16(18(22,23)24)28-15(8)12(21)6-11(14)20/h2-6,16H,1H3,(H,25,26). The van der Waals surface area contributed by atoms with Crippen LogP contribution in [0.25, 0.3) is 6.08 Å². The number of hydrogen-bond acceptors (Lipinski definition) is 3. The molecule has 0 saturated carbocycles. The highest BCUT2D eigenvalue weighted by atomic mass is 35.5. The summed E-state index contributed by atoms with van der Waals surface area (Å²) in [7, 11) is 0. The van der Waals surface area contributed by atoms with Crippen LogP contribution in [0.3, 0.4) is 0 Å². The quantitative estimate of drug-likeness (QED) is 0.573. The summed E-state index contributed by atoms with van der Waals surface area (Å²) >= 11 is 18.3. The molecule has 2 aromatic carbocycles. The monoisotopic (exact) mass is 452 g/mol. The van der Waals surface area contributed by atoms with Crippen LogP contribution in [-0.2, 0) is 4.79 Å². The van der Waals surface area contributed by atoms with Crippen molar-refractivity contribution in [1.82, 2.24) is 0 Å². The molecule has 2 aromatic rings. The second kappa shape index (κ2) is 7.39. The number of carboxylic acid groups (broad SMARTS) is 1. The number of benzene rings is 2. The Balaban J connectivity index is 2.18. The zero-order valence-electron chi connectivity index (χ0n) is 13.9. The Labute approximate surface area is 172 Å². The van der Waals surface area contributed by atoms with Crippen molar-refractivity contribution in [2.45, 2.75) is 19.2 Å². The lowest BCUT2D eigenvalue weighted by molar-refractivity contribution is -0.187. The van der Waals surface area contributed by atoms with Crippen LogP contribution >= 0.6 is 34.8 Å². The van der Waals surface area contributed by atoms with Gasteiger partial charge in [0.25, 0.3) is 0 Å². The van der Waals surface area contributed by atoms with Gasteiger partial charge in [0.1, 0.15) is 11.5 Å². The van der Waals surface area contributed by atoms with Crippen LogP contribution in [0.2, 0.25) is 15.1 Å². The molecule has 0 spiro atoms. The Bertz CT molecular complexity index is 1000. The van der Waals surface area contributed by atoms with Crippen LogP contribution in [0.5, 0.6) is 17.2 Å². The molecular formula is C18H10Cl3F3O4. The zero-order valence-corrected chi connectivity index (χ0v) is 16.2. The summed E-state index contributed by atoms with van der Waals surface area (Å²) in [5.74, 6) is -2.16. The van der Waals surface area contributed by atoms with Crippen molar-refractivity contribution in [3.63, 3.8) is 0 Å². The fourth-order valence-electron chi connectivity index (χ4n) is 2.59. The van der Waals surface area contributed by atoms with Crippen LogP contribution < -0.4 is 9.47 Å². The van der Waals surface area contributed by atoms with Gasteiger partial charge in [0, 0.05) is 0 Å². The molecule has 28 heavy (non-hydrogen) atoms. The number of fused-ring (bicyclic) bond motifs is 1. The number of carboxylic acids is 1. The van der Waals surface area contributed by atoms with E-state index in [4.69, 9.17) is 44.3 Å². The first-order valence-electron chi connectivity index (χ1n) is 7.63. The third-order valence-electron chi connectivity index (χ3n) is 3.84. The number of halogens is 6. The van der Waals surface area contributed by atoms with Crippen molar-refractivity contribution >= 4 is 46.8 Å². The average Bonchev–Trinajstić information content (AvgIpc) is 2.58. The highest BCUT2D eigenvalue weighted by Gasteiger charge is 2.49. The molecule has 1 aliphatic rings. The molecule has 4 nitrogen and oxygen atoms in total. The highest BCUT2D eigenvalue weighted by molar-refractivity contribution is 6.37. The van der Waals surface area contributed by atoms with E-state index in [0.717, 1.165) is 17.7 Å². The summed E-state index contributed by atoms with van der Waals surface area (Å²) in [6.07, 6.45) is -6.87. The minimum Gasteiger partial charge on any atom is -0.478 e. The molecule has 0 radical (unpaired) electrons. The fourth-order valence-corrected chi connectivity index (χ4v) is 3.42. The molecular weight excluding hydrogens is 444 g/mol. The molecule has 3 rings (SSSR count). The van der Waals surface area contributed by atoms with E-state index in [0.29, 0.717) is 0 Å². The summed E-state index contributed by atoms with van der Waals surface area (Å²) < 4.78 is 50.3. The molecule has 1 atom stereocenters. The van der Waals surface area contributed by atoms with Gasteiger partial charge in [-0.15, -0.1) is 0 Å². The van der Waals surface area contributed by atoms with E-state index in [-0.39, 0.29) is 32.1 Å². The zero-order chi connectivity index (χ0) is 20.8. The van der Waals surface area contributed by atoms with E-state index in [1.54, 1.807) is 25.1 Å². The van der Waals surface area contributed by atoms with Crippen LogP contribution in [0.1, 0.15) is 11.1 Å². The van der Waals surface area contributed by atoms with Crippen molar-refractivity contribution in [3.05, 3.63) is 56.0 Å². The van der Waals surface area contributed by atoms with Crippen LogP contribution in [-0.4, -0.2) is 23.4 Å². The minimum absolute atomic E-state index is 0.0598. The number of hydrogen-bond donors (Lipinski definition) is 1. The van der Waals surface area contributed by atoms with E-state index in [1.807, 2.05) is 0 Å². The molecule has 0 aromatic heterocycles. The Morgan fingerprint density at radius 2 is 1.82 bits per heavy atom. The largest absolute Gasteiger partial charge is 0.478 e. The summed E-state index contributed by atoms with van der Waals surface area (Å²) in [6, 6.07) is 6.00. The maximum atomic E-state index is 13.2. The van der Waals surface area contributed by atoms with Gasteiger partial charge < -0.3 is 14.6 Å². The van der Waals surface area contributed by atoms with E-state index in [1.165, 1.54) is 0 Å². The molecule has 0 aliphatic carbocycles. The lowest BCUT2D eigenvalue weighted by Gasteiger charge is -2.28. The summed E-state index contributed by atoms with van der Waals surface area (Å²) in [6.45, 7) is 1.81. The van der Waals surface area contributed by atoms with Crippen molar-refractivity contribution in [3.8, 4) is 17.2 Å². The second-order valence-electron chi connectivity index (χ2n) is 5.89. The van der Waals surface area contributed by atoms with Crippen molar-refractivity contribution in [2.75, 3.05) is 0 Å². The summed E-state index contributed by atoms with van der Waals surface area (Å²) in [5.41, 5.74) is -0.309. The van der Waals surface area contributed by atoms with Gasteiger partial charge in [0.15, 0.2) is 5.75 Å². The molecule has 1 aliphatic heterocycles. The van der Waals surface area contributed by atoms with E-state index < -0.39 is 29.6 Å². The molecule has 1 N–H and O–H groups in total. The lowest BCUT2D eigenvalue weighted by Crippen LogP contribution is -2.40. The first kappa shape index (κ1) is 20.6. The maximum Gasteiger partial charge on any atom is 0.430 e. The van der Waals surface area contributed by atoms with E-state index >= 15 is 0 Å². The number of carbonyl (C=O) groups is 1. The van der Waals surface area contributed by atoms with E-state index in [9.17, 15) is 23.1 Å². The molecule has 148 valence electrons. The Morgan fingerprint density at radius 1 is 1.14 bits per heavy atom. The van der Waals surface area contributed by atoms with Crippen LogP contribution in [0.4, 0.5) is 13.2 Å². The predicted octanol–water partition coefficient (Wildman–Crippen LogP) is 6.54. The Kier molecular flexibility index (Phi) is 5.44.